The molecule has 0 aromatic carbocycles. The third-order valence-electron chi connectivity index (χ3n) is 2.93. The number of carbonyl (C=O) groups excluding carboxylic acids is 2. The minimum Gasteiger partial charge on any atom is -0.394 e. The van der Waals surface area contributed by atoms with Gasteiger partial charge in [0.05, 0.1) is 6.61 Å². The van der Waals surface area contributed by atoms with Crippen LogP contribution in [0.1, 0.15) is 19.8 Å². The van der Waals surface area contributed by atoms with Gasteiger partial charge in [-0.1, -0.05) is 0 Å². The first-order valence-corrected chi connectivity index (χ1v) is 5.96. The quantitative estimate of drug-likeness (QED) is 0.368. The van der Waals surface area contributed by atoms with E-state index in [1.165, 1.54) is 6.92 Å². The first-order valence-electron chi connectivity index (χ1n) is 5.96. The molecule has 1 rings (SSSR count). The van der Waals surface area contributed by atoms with Crippen molar-refractivity contribution < 1.29 is 34.8 Å². The van der Waals surface area contributed by atoms with Crippen molar-refractivity contribution in [2.24, 2.45) is 0 Å². The van der Waals surface area contributed by atoms with Crippen molar-refractivity contribution in [3.05, 3.63) is 0 Å². The van der Waals surface area contributed by atoms with E-state index in [4.69, 9.17) is 9.84 Å². The largest absolute Gasteiger partial charge is 0.394 e. The Morgan fingerprint density at radius 2 is 1.79 bits per heavy atom. The van der Waals surface area contributed by atoms with Gasteiger partial charge in [-0.25, -0.2) is 0 Å². The van der Waals surface area contributed by atoms with Crippen LogP contribution in [-0.4, -0.2) is 69.4 Å². The lowest BCUT2D eigenvalue weighted by molar-refractivity contribution is -0.253. The highest BCUT2D eigenvalue weighted by Gasteiger charge is 2.44. The Morgan fingerprint density at radius 3 is 2.32 bits per heavy atom. The molecule has 1 aliphatic rings. The van der Waals surface area contributed by atoms with Crippen molar-refractivity contribution in [1.82, 2.24) is 5.32 Å². The Labute approximate surface area is 110 Å². The van der Waals surface area contributed by atoms with Crippen molar-refractivity contribution in [3.63, 3.8) is 0 Å². The number of rotatable bonds is 5. The molecule has 5 N–H and O–H groups in total. The average Bonchev–Trinajstić information content (AvgIpc) is 2.36. The molecule has 19 heavy (non-hydrogen) atoms. The number of nitrogens with one attached hydrogen (secondary N) is 1. The van der Waals surface area contributed by atoms with Gasteiger partial charge in [-0.3, -0.25) is 4.79 Å². The van der Waals surface area contributed by atoms with Crippen LogP contribution in [0.2, 0.25) is 0 Å². The second-order valence-corrected chi connectivity index (χ2v) is 4.52. The molecule has 1 fully saturated rings. The summed E-state index contributed by atoms with van der Waals surface area (Å²) in [6.45, 7) is 0.774. The third-order valence-corrected chi connectivity index (χ3v) is 2.93. The summed E-state index contributed by atoms with van der Waals surface area (Å²) >= 11 is 0. The number of carbonyl (C=O) groups is 2. The fraction of sp³-hybridized carbons (Fsp3) is 0.818. The van der Waals surface area contributed by atoms with Gasteiger partial charge in [0.2, 0.25) is 5.91 Å². The van der Waals surface area contributed by atoms with Gasteiger partial charge >= 0.3 is 0 Å². The number of aliphatic hydroxyl groups excluding tert-OH is 4. The Morgan fingerprint density at radius 1 is 1.16 bits per heavy atom. The van der Waals surface area contributed by atoms with E-state index in [2.05, 4.69) is 5.32 Å². The van der Waals surface area contributed by atoms with E-state index in [-0.39, 0.29) is 18.6 Å². The van der Waals surface area contributed by atoms with E-state index in [0.29, 0.717) is 0 Å². The fourth-order valence-electron chi connectivity index (χ4n) is 1.80. The molecule has 110 valence electrons. The molecule has 1 heterocycles. The molecule has 1 amide bonds. The summed E-state index contributed by atoms with van der Waals surface area (Å²) in [6.07, 6.45) is -5.58. The molecular weight excluding hydrogens is 258 g/mol. The summed E-state index contributed by atoms with van der Waals surface area (Å²) in [5.41, 5.74) is 0. The van der Waals surface area contributed by atoms with Gasteiger partial charge in [0.15, 0.2) is 6.29 Å². The van der Waals surface area contributed by atoms with Crippen LogP contribution < -0.4 is 5.32 Å². The predicted molar refractivity (Wildman–Crippen MR) is 61.8 cm³/mol. The predicted octanol–water partition coefficient (Wildman–Crippen LogP) is -2.73. The molecule has 1 aliphatic heterocycles. The summed E-state index contributed by atoms with van der Waals surface area (Å²) in [4.78, 5) is 22.2. The number of hydrogen-bond acceptors (Lipinski definition) is 7. The first kappa shape index (κ1) is 16.0. The molecule has 0 spiro atoms. The molecular formula is C11H19NO7. The molecule has 4 unspecified atom stereocenters. The Balaban J connectivity index is 2.57. The van der Waals surface area contributed by atoms with Crippen molar-refractivity contribution in [2.45, 2.75) is 50.4 Å². The number of ketones is 1. The molecule has 0 bridgehead atoms. The Bertz CT molecular complexity index is 335. The second-order valence-electron chi connectivity index (χ2n) is 4.52. The smallest absolute Gasteiger partial charge is 0.220 e. The number of hydrogen-bond donors (Lipinski definition) is 5. The van der Waals surface area contributed by atoms with E-state index in [9.17, 15) is 24.9 Å². The lowest BCUT2D eigenvalue weighted by Crippen LogP contribution is -2.64. The van der Waals surface area contributed by atoms with Crippen molar-refractivity contribution in [1.29, 1.82) is 0 Å². The van der Waals surface area contributed by atoms with Crippen LogP contribution in [0.5, 0.6) is 0 Å². The number of aliphatic hydroxyl groups is 4. The maximum absolute atomic E-state index is 11.5. The fourth-order valence-corrected chi connectivity index (χ4v) is 1.80. The van der Waals surface area contributed by atoms with Crippen molar-refractivity contribution in [3.8, 4) is 0 Å². The Kier molecular flexibility index (Phi) is 5.83. The van der Waals surface area contributed by atoms with Crippen LogP contribution in [0, 0.1) is 0 Å². The molecule has 0 aromatic rings. The van der Waals surface area contributed by atoms with Crippen LogP contribution in [-0.2, 0) is 14.3 Å². The zero-order valence-corrected chi connectivity index (χ0v) is 10.5. The zero-order valence-electron chi connectivity index (χ0n) is 10.5. The average molecular weight is 277 g/mol. The minimum absolute atomic E-state index is 0.0490. The molecule has 8 nitrogen and oxygen atoms in total. The summed E-state index contributed by atoms with van der Waals surface area (Å²) in [5, 5.41) is 40.1. The maximum atomic E-state index is 11.5. The monoisotopic (exact) mass is 277 g/mol. The standard InChI is InChI=1S/C11H19NO7/c1-5(14)2-3-7(15)12-8-10(17)9(16)6(4-13)19-11(8)18/h6,8-11,13,16-18H,2-4H2,1H3,(H,12,15)/t6?,8?,9-,10?,11?/m1/s1. The molecule has 5 atom stereocenters. The van der Waals surface area contributed by atoms with Crippen LogP contribution in [0.25, 0.3) is 0 Å². The first-order chi connectivity index (χ1) is 8.86. The molecule has 1 saturated heterocycles. The molecule has 0 aliphatic carbocycles. The van der Waals surface area contributed by atoms with Gasteiger partial charge in [-0.15, -0.1) is 0 Å². The molecule has 8 heteroatoms. The summed E-state index contributed by atoms with van der Waals surface area (Å²) in [6, 6.07) is -1.21. The second kappa shape index (κ2) is 6.92. The number of ether oxygens (including phenoxy) is 1. The summed E-state index contributed by atoms with van der Waals surface area (Å²) in [5.74, 6) is -0.701. The van der Waals surface area contributed by atoms with E-state index in [1.807, 2.05) is 0 Å². The third kappa shape index (κ3) is 4.22. The van der Waals surface area contributed by atoms with Crippen LogP contribution >= 0.6 is 0 Å². The highest BCUT2D eigenvalue weighted by atomic mass is 16.6. The van der Waals surface area contributed by atoms with Crippen LogP contribution in [0.3, 0.4) is 0 Å². The highest BCUT2D eigenvalue weighted by molar-refractivity contribution is 5.83. The van der Waals surface area contributed by atoms with Gasteiger partial charge < -0.3 is 35.3 Å². The van der Waals surface area contributed by atoms with Gasteiger partial charge in [0.25, 0.3) is 0 Å². The maximum Gasteiger partial charge on any atom is 0.220 e. The normalized spacial score (nSPS) is 34.9. The lowest BCUT2D eigenvalue weighted by Gasteiger charge is -2.40. The van der Waals surface area contributed by atoms with E-state index in [0.717, 1.165) is 0 Å². The Hall–Kier alpha value is -1.06. The van der Waals surface area contributed by atoms with Gasteiger partial charge in [0, 0.05) is 12.8 Å². The zero-order chi connectivity index (χ0) is 14.6. The topological polar surface area (TPSA) is 136 Å². The van der Waals surface area contributed by atoms with Gasteiger partial charge in [-0.2, -0.15) is 0 Å². The summed E-state index contributed by atoms with van der Waals surface area (Å²) in [7, 11) is 0. The van der Waals surface area contributed by atoms with E-state index in [1.54, 1.807) is 0 Å². The molecule has 0 radical (unpaired) electrons. The van der Waals surface area contributed by atoms with Crippen molar-refractivity contribution >= 4 is 11.7 Å². The lowest BCUT2D eigenvalue weighted by atomic mass is 9.97. The van der Waals surface area contributed by atoms with Gasteiger partial charge in [-0.05, 0) is 6.92 Å². The van der Waals surface area contributed by atoms with Crippen LogP contribution in [0.4, 0.5) is 0 Å². The molecule has 0 aromatic heterocycles. The molecule has 0 saturated carbocycles. The van der Waals surface area contributed by atoms with E-state index >= 15 is 0 Å². The summed E-state index contributed by atoms with van der Waals surface area (Å²) < 4.78 is 4.87. The number of Topliss-reactive ketones (excluding diaryl/α,β-unsaturated/α-hetero) is 1. The van der Waals surface area contributed by atoms with Crippen molar-refractivity contribution in [2.75, 3.05) is 6.61 Å². The van der Waals surface area contributed by atoms with Crippen LogP contribution in [0.15, 0.2) is 0 Å². The van der Waals surface area contributed by atoms with Gasteiger partial charge in [0.1, 0.15) is 30.1 Å². The highest BCUT2D eigenvalue weighted by Crippen LogP contribution is 2.19. The van der Waals surface area contributed by atoms with E-state index < -0.39 is 43.2 Å². The minimum atomic E-state index is -1.54. The number of amides is 1. The SMILES string of the molecule is CC(=O)CCC(=O)NC1C(O)OC(CO)[C@@H](O)C1O.